The molecule has 0 radical (unpaired) electrons. The summed E-state index contributed by atoms with van der Waals surface area (Å²) < 4.78 is 0. The smallest absolute Gasteiger partial charge is 0.316 e. The number of hydrogen-bond donors (Lipinski definition) is 2. The van der Waals surface area contributed by atoms with Crippen LogP contribution in [0.2, 0.25) is 0 Å². The van der Waals surface area contributed by atoms with Crippen LogP contribution < -0.4 is 0 Å². The van der Waals surface area contributed by atoms with Crippen molar-refractivity contribution < 1.29 is 9.90 Å². The van der Waals surface area contributed by atoms with Gasteiger partial charge in [0.2, 0.25) is 0 Å². The molecule has 0 fully saturated rings. The second-order valence-corrected chi connectivity index (χ2v) is 3.40. The molecule has 0 heterocycles. The minimum atomic E-state index is -0.805. The Balaban J connectivity index is 3.71. The van der Waals surface area contributed by atoms with Gasteiger partial charge in [-0.1, -0.05) is 26.7 Å². The first-order chi connectivity index (χ1) is 5.11. The predicted octanol–water partition coefficient (Wildman–Crippen LogP) is 2.20. The SMILES string of the molecule is CCC(CC)CC(S)C(=O)O. The van der Waals surface area contributed by atoms with Crippen molar-refractivity contribution in [1.82, 2.24) is 0 Å². The molecule has 0 aromatic rings. The Morgan fingerprint density at radius 3 is 2.18 bits per heavy atom. The molecule has 11 heavy (non-hydrogen) atoms. The van der Waals surface area contributed by atoms with Crippen molar-refractivity contribution in [2.75, 3.05) is 0 Å². The van der Waals surface area contributed by atoms with E-state index < -0.39 is 11.2 Å². The van der Waals surface area contributed by atoms with E-state index in [9.17, 15) is 4.79 Å². The van der Waals surface area contributed by atoms with Crippen molar-refractivity contribution in [3.63, 3.8) is 0 Å². The lowest BCUT2D eigenvalue weighted by atomic mass is 9.97. The molecule has 0 aliphatic rings. The van der Waals surface area contributed by atoms with E-state index in [0.717, 1.165) is 12.8 Å². The largest absolute Gasteiger partial charge is 0.480 e. The van der Waals surface area contributed by atoms with E-state index in [1.807, 2.05) is 0 Å². The number of carboxylic acids is 1. The molecule has 0 amide bonds. The van der Waals surface area contributed by atoms with Gasteiger partial charge in [-0.15, -0.1) is 0 Å². The highest BCUT2D eigenvalue weighted by Gasteiger charge is 2.16. The summed E-state index contributed by atoms with van der Waals surface area (Å²) in [4.78, 5) is 10.4. The molecule has 1 atom stereocenters. The lowest BCUT2D eigenvalue weighted by Gasteiger charge is -2.13. The molecule has 66 valence electrons. The fourth-order valence-electron chi connectivity index (χ4n) is 1.04. The molecule has 1 N–H and O–H groups in total. The first-order valence-corrected chi connectivity index (χ1v) is 4.54. The normalized spacial score (nSPS) is 13.5. The molecule has 0 saturated carbocycles. The van der Waals surface area contributed by atoms with Crippen LogP contribution in [-0.4, -0.2) is 16.3 Å². The fraction of sp³-hybridized carbons (Fsp3) is 0.875. The second-order valence-electron chi connectivity index (χ2n) is 2.77. The van der Waals surface area contributed by atoms with Crippen LogP contribution in [0.4, 0.5) is 0 Å². The standard InChI is InChI=1S/C8H16O2S/c1-3-6(4-2)5-7(11)8(9)10/h6-7,11H,3-5H2,1-2H3,(H,9,10). The number of rotatable bonds is 5. The van der Waals surface area contributed by atoms with E-state index in [1.165, 1.54) is 0 Å². The van der Waals surface area contributed by atoms with Gasteiger partial charge in [0.1, 0.15) is 0 Å². The van der Waals surface area contributed by atoms with E-state index in [4.69, 9.17) is 5.11 Å². The maximum Gasteiger partial charge on any atom is 0.316 e. The summed E-state index contributed by atoms with van der Waals surface area (Å²) in [6, 6.07) is 0. The van der Waals surface area contributed by atoms with Crippen molar-refractivity contribution in [2.45, 2.75) is 38.4 Å². The zero-order valence-corrected chi connectivity index (χ0v) is 7.97. The molecule has 0 aromatic carbocycles. The van der Waals surface area contributed by atoms with Crippen molar-refractivity contribution in [2.24, 2.45) is 5.92 Å². The first kappa shape index (κ1) is 10.8. The predicted molar refractivity (Wildman–Crippen MR) is 49.1 cm³/mol. The zero-order valence-electron chi connectivity index (χ0n) is 7.08. The Morgan fingerprint density at radius 2 is 1.91 bits per heavy atom. The van der Waals surface area contributed by atoms with Crippen molar-refractivity contribution in [1.29, 1.82) is 0 Å². The van der Waals surface area contributed by atoms with Crippen LogP contribution in [0.3, 0.4) is 0 Å². The van der Waals surface area contributed by atoms with Gasteiger partial charge in [-0.05, 0) is 12.3 Å². The average molecular weight is 176 g/mol. The molecule has 0 aliphatic carbocycles. The molecule has 0 aliphatic heterocycles. The third-order valence-electron chi connectivity index (χ3n) is 2.00. The highest BCUT2D eigenvalue weighted by Crippen LogP contribution is 2.17. The van der Waals surface area contributed by atoms with Crippen molar-refractivity contribution in [3.05, 3.63) is 0 Å². The second kappa shape index (κ2) is 5.47. The molecule has 0 rings (SSSR count). The number of hydrogen-bond acceptors (Lipinski definition) is 2. The number of carbonyl (C=O) groups is 1. The maximum absolute atomic E-state index is 10.4. The molecular weight excluding hydrogens is 160 g/mol. The van der Waals surface area contributed by atoms with Crippen molar-refractivity contribution >= 4 is 18.6 Å². The summed E-state index contributed by atoms with van der Waals surface area (Å²) in [6.07, 6.45) is 2.77. The molecule has 2 nitrogen and oxygen atoms in total. The molecule has 1 unspecified atom stereocenters. The Morgan fingerprint density at radius 1 is 1.45 bits per heavy atom. The van der Waals surface area contributed by atoms with Gasteiger partial charge in [-0.2, -0.15) is 12.6 Å². The van der Waals surface area contributed by atoms with Gasteiger partial charge in [0.25, 0.3) is 0 Å². The minimum absolute atomic E-state index is 0.486. The van der Waals surface area contributed by atoms with E-state index in [-0.39, 0.29) is 0 Å². The third-order valence-corrected chi connectivity index (χ3v) is 2.43. The molecule has 0 spiro atoms. The zero-order chi connectivity index (χ0) is 8.85. The Hall–Kier alpha value is -0.180. The number of carboxylic acid groups (broad SMARTS) is 1. The Labute approximate surface area is 73.4 Å². The molecular formula is C8H16O2S. The van der Waals surface area contributed by atoms with Gasteiger partial charge >= 0.3 is 5.97 Å². The number of thiol groups is 1. The fourth-order valence-corrected chi connectivity index (χ4v) is 1.34. The monoisotopic (exact) mass is 176 g/mol. The van der Waals surface area contributed by atoms with Crippen LogP contribution in [0.1, 0.15) is 33.1 Å². The average Bonchev–Trinajstić information content (AvgIpc) is 1.99. The van der Waals surface area contributed by atoms with Gasteiger partial charge < -0.3 is 5.11 Å². The van der Waals surface area contributed by atoms with Crippen LogP contribution >= 0.6 is 12.6 Å². The van der Waals surface area contributed by atoms with Gasteiger partial charge in [0.05, 0.1) is 5.25 Å². The van der Waals surface area contributed by atoms with Crippen LogP contribution in [0.15, 0.2) is 0 Å². The summed E-state index contributed by atoms with van der Waals surface area (Å²) in [6.45, 7) is 4.16. The van der Waals surface area contributed by atoms with Gasteiger partial charge in [-0.25, -0.2) is 0 Å². The summed E-state index contributed by atoms with van der Waals surface area (Å²) in [5.41, 5.74) is 0. The van der Waals surface area contributed by atoms with Gasteiger partial charge in [0.15, 0.2) is 0 Å². The van der Waals surface area contributed by atoms with Crippen LogP contribution in [0, 0.1) is 5.92 Å². The van der Waals surface area contributed by atoms with E-state index in [0.29, 0.717) is 12.3 Å². The lowest BCUT2D eigenvalue weighted by molar-refractivity contribution is -0.136. The van der Waals surface area contributed by atoms with E-state index >= 15 is 0 Å². The molecule has 3 heteroatoms. The molecule has 0 bridgehead atoms. The van der Waals surface area contributed by atoms with E-state index in [2.05, 4.69) is 26.5 Å². The van der Waals surface area contributed by atoms with Crippen LogP contribution in [-0.2, 0) is 4.79 Å². The molecule has 0 aromatic heterocycles. The van der Waals surface area contributed by atoms with E-state index in [1.54, 1.807) is 0 Å². The summed E-state index contributed by atoms with van der Waals surface area (Å²) in [7, 11) is 0. The third kappa shape index (κ3) is 4.30. The highest BCUT2D eigenvalue weighted by molar-refractivity contribution is 7.81. The van der Waals surface area contributed by atoms with Crippen LogP contribution in [0.5, 0.6) is 0 Å². The topological polar surface area (TPSA) is 37.3 Å². The maximum atomic E-state index is 10.4. The van der Waals surface area contributed by atoms with Gasteiger partial charge in [-0.3, -0.25) is 4.79 Å². The summed E-state index contributed by atoms with van der Waals surface area (Å²) >= 11 is 3.97. The molecule has 0 saturated heterocycles. The Bertz CT molecular complexity index is 121. The van der Waals surface area contributed by atoms with Crippen LogP contribution in [0.25, 0.3) is 0 Å². The number of aliphatic carboxylic acids is 1. The Kier molecular flexibility index (Phi) is 5.38. The summed E-state index contributed by atoms with van der Waals surface area (Å²) in [5, 5.41) is 8.06. The van der Waals surface area contributed by atoms with Gasteiger partial charge in [0, 0.05) is 0 Å². The first-order valence-electron chi connectivity index (χ1n) is 4.02. The van der Waals surface area contributed by atoms with Crippen molar-refractivity contribution in [3.8, 4) is 0 Å². The minimum Gasteiger partial charge on any atom is -0.480 e. The summed E-state index contributed by atoms with van der Waals surface area (Å²) in [5.74, 6) is -0.297. The highest BCUT2D eigenvalue weighted by atomic mass is 32.1. The lowest BCUT2D eigenvalue weighted by Crippen LogP contribution is -2.17. The quantitative estimate of drug-likeness (QED) is 0.630.